The molecule has 0 spiro atoms. The molecule has 0 saturated carbocycles. The van der Waals surface area contributed by atoms with Gasteiger partial charge in [-0.05, 0) is 36.2 Å². The van der Waals surface area contributed by atoms with Crippen molar-refractivity contribution in [3.05, 3.63) is 48.0 Å². The van der Waals surface area contributed by atoms with Crippen LogP contribution in [0.4, 0.5) is 0 Å². The molecule has 3 rings (SSSR count). The van der Waals surface area contributed by atoms with Crippen molar-refractivity contribution in [2.24, 2.45) is 0 Å². The lowest BCUT2D eigenvalue weighted by atomic mass is 9.88. The van der Waals surface area contributed by atoms with Crippen LogP contribution in [0.5, 0.6) is 0 Å². The van der Waals surface area contributed by atoms with E-state index in [0.29, 0.717) is 0 Å². The van der Waals surface area contributed by atoms with E-state index in [9.17, 15) is 5.11 Å². The molecule has 0 bridgehead atoms. The van der Waals surface area contributed by atoms with Gasteiger partial charge >= 0.3 is 0 Å². The van der Waals surface area contributed by atoms with Crippen LogP contribution in [0.2, 0.25) is 0 Å². The number of fused-ring (bicyclic) bond motifs is 1. The number of nitrogens with zero attached hydrogens (tertiary/aromatic N) is 1. The summed E-state index contributed by atoms with van der Waals surface area (Å²) in [6.07, 6.45) is -0.514. The number of benzene rings is 2. The number of aliphatic hydroxyl groups excluding tert-OH is 1. The molecule has 1 atom stereocenters. The average Bonchev–Trinajstić information content (AvgIpc) is 2.54. The molecule has 0 radical (unpaired) electrons. The molecule has 0 amide bonds. The summed E-state index contributed by atoms with van der Waals surface area (Å²) in [6.45, 7) is 7.45. The predicted molar refractivity (Wildman–Crippen MR) is 85.4 cm³/mol. The summed E-state index contributed by atoms with van der Waals surface area (Å²) >= 11 is 0. The van der Waals surface area contributed by atoms with Gasteiger partial charge < -0.3 is 9.84 Å². The molecule has 2 aromatic carbocycles. The molecule has 1 aliphatic rings. The van der Waals surface area contributed by atoms with E-state index in [0.717, 1.165) is 31.9 Å². The summed E-state index contributed by atoms with van der Waals surface area (Å²) in [5.74, 6) is 0. The normalized spacial score (nSPS) is 18.8. The maximum Gasteiger partial charge on any atom is 0.0968 e. The van der Waals surface area contributed by atoms with Gasteiger partial charge in [0.1, 0.15) is 0 Å². The van der Waals surface area contributed by atoms with E-state index in [-0.39, 0.29) is 5.54 Å². The lowest BCUT2D eigenvalue weighted by Crippen LogP contribution is -2.53. The molecule has 0 aromatic heterocycles. The Balaban J connectivity index is 1.89. The Hall–Kier alpha value is -1.42. The van der Waals surface area contributed by atoms with Gasteiger partial charge in [-0.3, -0.25) is 4.90 Å². The van der Waals surface area contributed by atoms with Crippen LogP contribution in [0.15, 0.2) is 42.5 Å². The van der Waals surface area contributed by atoms with Crippen molar-refractivity contribution in [2.75, 3.05) is 26.3 Å². The molecule has 1 N–H and O–H groups in total. The van der Waals surface area contributed by atoms with Crippen LogP contribution in [0.3, 0.4) is 0 Å². The molecule has 21 heavy (non-hydrogen) atoms. The minimum atomic E-state index is -0.514. The van der Waals surface area contributed by atoms with Crippen LogP contribution in [-0.4, -0.2) is 41.8 Å². The molecule has 1 aliphatic heterocycles. The Bertz CT molecular complexity index is 617. The highest BCUT2D eigenvalue weighted by atomic mass is 16.5. The predicted octanol–water partition coefficient (Wildman–Crippen LogP) is 2.98. The SMILES string of the molecule is CC(C)(C(O)c1ccc2ccccc2c1)N1CCOCC1. The van der Waals surface area contributed by atoms with Gasteiger partial charge in [-0.25, -0.2) is 0 Å². The minimum Gasteiger partial charge on any atom is -0.386 e. The molecule has 3 heteroatoms. The Kier molecular flexibility index (Phi) is 3.98. The van der Waals surface area contributed by atoms with Gasteiger partial charge in [-0.2, -0.15) is 0 Å². The van der Waals surface area contributed by atoms with E-state index >= 15 is 0 Å². The van der Waals surface area contributed by atoms with Gasteiger partial charge in [0, 0.05) is 18.6 Å². The van der Waals surface area contributed by atoms with Gasteiger partial charge in [-0.1, -0.05) is 36.4 Å². The summed E-state index contributed by atoms with van der Waals surface area (Å²) < 4.78 is 5.41. The lowest BCUT2D eigenvalue weighted by Gasteiger charge is -2.43. The number of hydrogen-bond acceptors (Lipinski definition) is 3. The zero-order valence-corrected chi connectivity index (χ0v) is 12.7. The molecule has 1 unspecified atom stereocenters. The number of ether oxygens (including phenoxy) is 1. The van der Waals surface area contributed by atoms with Crippen LogP contribution in [0, 0.1) is 0 Å². The third kappa shape index (κ3) is 2.82. The van der Waals surface area contributed by atoms with Crippen molar-refractivity contribution in [3.63, 3.8) is 0 Å². The maximum atomic E-state index is 10.9. The Labute approximate surface area is 126 Å². The third-order valence-electron chi connectivity index (χ3n) is 4.58. The molecule has 1 heterocycles. The maximum absolute atomic E-state index is 10.9. The summed E-state index contributed by atoms with van der Waals surface area (Å²) in [5.41, 5.74) is 0.678. The Morgan fingerprint density at radius 3 is 2.43 bits per heavy atom. The fraction of sp³-hybridized carbons (Fsp3) is 0.444. The first-order valence-corrected chi connectivity index (χ1v) is 7.58. The second kappa shape index (κ2) is 5.76. The number of morpholine rings is 1. The second-order valence-corrected chi connectivity index (χ2v) is 6.26. The van der Waals surface area contributed by atoms with E-state index in [1.54, 1.807) is 0 Å². The fourth-order valence-corrected chi connectivity index (χ4v) is 3.10. The second-order valence-electron chi connectivity index (χ2n) is 6.26. The highest BCUT2D eigenvalue weighted by molar-refractivity contribution is 5.83. The molecule has 3 nitrogen and oxygen atoms in total. The lowest BCUT2D eigenvalue weighted by molar-refractivity contribution is -0.0630. The molecular formula is C18H23NO2. The first kappa shape index (κ1) is 14.5. The first-order chi connectivity index (χ1) is 10.1. The smallest absolute Gasteiger partial charge is 0.0968 e. The third-order valence-corrected chi connectivity index (χ3v) is 4.58. The number of aliphatic hydroxyl groups is 1. The molecule has 2 aromatic rings. The average molecular weight is 285 g/mol. The van der Waals surface area contributed by atoms with Gasteiger partial charge in [0.2, 0.25) is 0 Å². The van der Waals surface area contributed by atoms with Crippen molar-refractivity contribution < 1.29 is 9.84 Å². The quantitative estimate of drug-likeness (QED) is 0.941. The van der Waals surface area contributed by atoms with E-state index < -0.39 is 6.10 Å². The van der Waals surface area contributed by atoms with E-state index in [1.807, 2.05) is 18.2 Å². The molecular weight excluding hydrogens is 262 g/mol. The largest absolute Gasteiger partial charge is 0.386 e. The molecule has 0 aliphatic carbocycles. The topological polar surface area (TPSA) is 32.7 Å². The zero-order chi connectivity index (χ0) is 14.9. The summed E-state index contributed by atoms with van der Waals surface area (Å²) in [4.78, 5) is 2.32. The van der Waals surface area contributed by atoms with Crippen molar-refractivity contribution in [1.29, 1.82) is 0 Å². The highest BCUT2D eigenvalue weighted by Gasteiger charge is 2.36. The van der Waals surface area contributed by atoms with Crippen LogP contribution in [-0.2, 0) is 4.74 Å². The van der Waals surface area contributed by atoms with Crippen LogP contribution in [0.25, 0.3) is 10.8 Å². The first-order valence-electron chi connectivity index (χ1n) is 7.58. The molecule has 112 valence electrons. The zero-order valence-electron chi connectivity index (χ0n) is 12.7. The van der Waals surface area contributed by atoms with Crippen LogP contribution >= 0.6 is 0 Å². The van der Waals surface area contributed by atoms with Gasteiger partial charge in [0.05, 0.1) is 19.3 Å². The molecule has 1 saturated heterocycles. The van der Waals surface area contributed by atoms with Crippen molar-refractivity contribution >= 4 is 10.8 Å². The van der Waals surface area contributed by atoms with Gasteiger partial charge in [-0.15, -0.1) is 0 Å². The number of rotatable bonds is 3. The Morgan fingerprint density at radius 1 is 1.05 bits per heavy atom. The van der Waals surface area contributed by atoms with Gasteiger partial charge in [0.15, 0.2) is 0 Å². The summed E-state index contributed by atoms with van der Waals surface area (Å²) in [5, 5.41) is 13.3. The minimum absolute atomic E-state index is 0.299. The van der Waals surface area contributed by atoms with E-state index in [1.165, 1.54) is 10.8 Å². The summed E-state index contributed by atoms with van der Waals surface area (Å²) in [6, 6.07) is 14.5. The fourth-order valence-electron chi connectivity index (χ4n) is 3.10. The number of hydrogen-bond donors (Lipinski definition) is 1. The van der Waals surface area contributed by atoms with E-state index in [4.69, 9.17) is 4.74 Å². The van der Waals surface area contributed by atoms with Gasteiger partial charge in [0.25, 0.3) is 0 Å². The van der Waals surface area contributed by atoms with Crippen molar-refractivity contribution in [1.82, 2.24) is 4.90 Å². The van der Waals surface area contributed by atoms with Crippen molar-refractivity contribution in [3.8, 4) is 0 Å². The highest BCUT2D eigenvalue weighted by Crippen LogP contribution is 2.33. The standard InChI is InChI=1S/C18H23NO2/c1-18(2,19-9-11-21-12-10-19)17(20)16-8-7-14-5-3-4-6-15(14)13-16/h3-8,13,17,20H,9-12H2,1-2H3. The van der Waals surface area contributed by atoms with Crippen LogP contribution < -0.4 is 0 Å². The van der Waals surface area contributed by atoms with E-state index in [2.05, 4.69) is 43.0 Å². The van der Waals surface area contributed by atoms with Crippen molar-refractivity contribution in [2.45, 2.75) is 25.5 Å². The Morgan fingerprint density at radius 2 is 1.71 bits per heavy atom. The monoisotopic (exact) mass is 285 g/mol. The summed E-state index contributed by atoms with van der Waals surface area (Å²) in [7, 11) is 0. The van der Waals surface area contributed by atoms with Crippen LogP contribution in [0.1, 0.15) is 25.5 Å². The molecule has 1 fully saturated rings.